The van der Waals surface area contributed by atoms with Crippen LogP contribution in [0.15, 0.2) is 18.3 Å². The van der Waals surface area contributed by atoms with Gasteiger partial charge in [-0.1, -0.05) is 26.3 Å². The molecule has 14 heavy (non-hydrogen) atoms. The first-order chi connectivity index (χ1) is 6.77. The molecule has 0 saturated heterocycles. The van der Waals surface area contributed by atoms with Gasteiger partial charge in [-0.15, -0.1) is 0 Å². The molecule has 0 aromatic carbocycles. The van der Waals surface area contributed by atoms with E-state index in [0.29, 0.717) is 0 Å². The Kier molecular flexibility index (Phi) is 4.60. The van der Waals surface area contributed by atoms with E-state index in [1.807, 2.05) is 19.2 Å². The molecule has 0 bridgehead atoms. The predicted molar refractivity (Wildman–Crippen MR) is 58.1 cm³/mol. The van der Waals surface area contributed by atoms with Crippen LogP contribution in [0, 0.1) is 0 Å². The molecule has 0 aliphatic carbocycles. The summed E-state index contributed by atoms with van der Waals surface area (Å²) in [4.78, 5) is 4.25. The van der Waals surface area contributed by atoms with Crippen LogP contribution >= 0.6 is 0 Å². The van der Waals surface area contributed by atoms with Crippen molar-refractivity contribution in [2.45, 2.75) is 45.6 Å². The highest BCUT2D eigenvalue weighted by atomic mass is 16.3. The highest BCUT2D eigenvalue weighted by Gasteiger charge is 2.05. The lowest BCUT2D eigenvalue weighted by molar-refractivity contribution is 0.169. The lowest BCUT2D eigenvalue weighted by Gasteiger charge is -2.07. The molecule has 0 amide bonds. The number of aliphatic hydroxyl groups excluding tert-OH is 1. The summed E-state index contributed by atoms with van der Waals surface area (Å²) in [6.07, 6.45) is 5.70. The van der Waals surface area contributed by atoms with Gasteiger partial charge in [0, 0.05) is 6.20 Å². The number of nitrogens with zero attached hydrogens (tertiary/aromatic N) is 1. The Morgan fingerprint density at radius 3 is 2.64 bits per heavy atom. The maximum Gasteiger partial charge on any atom is 0.0957 e. The van der Waals surface area contributed by atoms with E-state index < -0.39 is 6.10 Å². The second-order valence-corrected chi connectivity index (χ2v) is 3.62. The highest BCUT2D eigenvalue weighted by molar-refractivity contribution is 5.15. The lowest BCUT2D eigenvalue weighted by atomic mass is 10.1. The van der Waals surface area contributed by atoms with Gasteiger partial charge in [-0.2, -0.15) is 0 Å². The van der Waals surface area contributed by atoms with E-state index in [-0.39, 0.29) is 0 Å². The SMILES string of the molecule is CCCCc1ccc(C(O)CC)nc1. The lowest BCUT2D eigenvalue weighted by Crippen LogP contribution is -1.99. The summed E-state index contributed by atoms with van der Waals surface area (Å²) in [5, 5.41) is 9.53. The number of aromatic nitrogens is 1. The minimum atomic E-state index is -0.407. The molecule has 1 rings (SSSR count). The predicted octanol–water partition coefficient (Wildman–Crippen LogP) is 2.87. The minimum absolute atomic E-state index is 0.407. The van der Waals surface area contributed by atoms with Crippen LogP contribution in [-0.4, -0.2) is 10.1 Å². The van der Waals surface area contributed by atoms with Crippen molar-refractivity contribution >= 4 is 0 Å². The molecule has 0 radical (unpaired) electrons. The fourth-order valence-electron chi connectivity index (χ4n) is 1.37. The molecule has 1 N–H and O–H groups in total. The Morgan fingerprint density at radius 2 is 2.14 bits per heavy atom. The van der Waals surface area contributed by atoms with Crippen LogP contribution < -0.4 is 0 Å². The summed E-state index contributed by atoms with van der Waals surface area (Å²) in [6, 6.07) is 4.00. The molecule has 1 atom stereocenters. The number of pyridine rings is 1. The first kappa shape index (κ1) is 11.2. The Balaban J connectivity index is 2.59. The molecular formula is C12H19NO. The zero-order chi connectivity index (χ0) is 10.4. The number of rotatable bonds is 5. The molecular weight excluding hydrogens is 174 g/mol. The molecule has 1 aromatic heterocycles. The number of aryl methyl sites for hydroxylation is 1. The largest absolute Gasteiger partial charge is 0.387 e. The van der Waals surface area contributed by atoms with E-state index >= 15 is 0 Å². The van der Waals surface area contributed by atoms with Crippen LogP contribution in [0.4, 0.5) is 0 Å². The van der Waals surface area contributed by atoms with Crippen molar-refractivity contribution in [3.05, 3.63) is 29.6 Å². The first-order valence-corrected chi connectivity index (χ1v) is 5.40. The smallest absolute Gasteiger partial charge is 0.0957 e. The topological polar surface area (TPSA) is 33.1 Å². The fourth-order valence-corrected chi connectivity index (χ4v) is 1.37. The molecule has 1 heterocycles. The van der Waals surface area contributed by atoms with Crippen molar-refractivity contribution in [2.75, 3.05) is 0 Å². The van der Waals surface area contributed by atoms with Gasteiger partial charge in [-0.25, -0.2) is 0 Å². The second kappa shape index (κ2) is 5.76. The van der Waals surface area contributed by atoms with Crippen LogP contribution in [0.1, 0.15) is 50.5 Å². The van der Waals surface area contributed by atoms with Crippen molar-refractivity contribution < 1.29 is 5.11 Å². The van der Waals surface area contributed by atoms with Crippen molar-refractivity contribution in [3.8, 4) is 0 Å². The summed E-state index contributed by atoms with van der Waals surface area (Å²) in [5.74, 6) is 0. The van der Waals surface area contributed by atoms with Crippen molar-refractivity contribution in [1.29, 1.82) is 0 Å². The Labute approximate surface area is 86.0 Å². The van der Waals surface area contributed by atoms with Gasteiger partial charge in [0.1, 0.15) is 0 Å². The van der Waals surface area contributed by atoms with E-state index in [4.69, 9.17) is 0 Å². The van der Waals surface area contributed by atoms with Crippen molar-refractivity contribution in [3.63, 3.8) is 0 Å². The highest BCUT2D eigenvalue weighted by Crippen LogP contribution is 2.14. The third kappa shape index (κ3) is 3.11. The number of hydrogen-bond acceptors (Lipinski definition) is 2. The van der Waals surface area contributed by atoms with Gasteiger partial charge in [-0.05, 0) is 30.9 Å². The summed E-state index contributed by atoms with van der Waals surface area (Å²) >= 11 is 0. The third-order valence-electron chi connectivity index (χ3n) is 2.39. The molecule has 0 aliphatic heterocycles. The first-order valence-electron chi connectivity index (χ1n) is 5.40. The van der Waals surface area contributed by atoms with Crippen LogP contribution in [-0.2, 0) is 6.42 Å². The van der Waals surface area contributed by atoms with Crippen molar-refractivity contribution in [1.82, 2.24) is 4.98 Å². The Bertz CT molecular complexity index is 256. The molecule has 0 fully saturated rings. The molecule has 78 valence electrons. The number of aliphatic hydroxyl groups is 1. The van der Waals surface area contributed by atoms with E-state index in [2.05, 4.69) is 18.0 Å². The molecule has 2 heteroatoms. The molecule has 0 aliphatic rings. The minimum Gasteiger partial charge on any atom is -0.387 e. The summed E-state index contributed by atoms with van der Waals surface area (Å²) in [5.41, 5.74) is 2.05. The molecule has 0 spiro atoms. The summed E-state index contributed by atoms with van der Waals surface area (Å²) in [6.45, 7) is 4.14. The quantitative estimate of drug-likeness (QED) is 0.780. The summed E-state index contributed by atoms with van der Waals surface area (Å²) < 4.78 is 0. The van der Waals surface area contributed by atoms with Crippen LogP contribution in [0.5, 0.6) is 0 Å². The Morgan fingerprint density at radius 1 is 1.36 bits per heavy atom. The molecule has 1 unspecified atom stereocenters. The van der Waals surface area contributed by atoms with E-state index in [0.717, 1.165) is 18.5 Å². The van der Waals surface area contributed by atoms with Crippen molar-refractivity contribution in [2.24, 2.45) is 0 Å². The zero-order valence-corrected chi connectivity index (χ0v) is 9.03. The van der Waals surface area contributed by atoms with Gasteiger partial charge in [-0.3, -0.25) is 4.98 Å². The molecule has 2 nitrogen and oxygen atoms in total. The summed E-state index contributed by atoms with van der Waals surface area (Å²) in [7, 11) is 0. The van der Waals surface area contributed by atoms with Gasteiger partial charge in [0.05, 0.1) is 11.8 Å². The van der Waals surface area contributed by atoms with E-state index in [1.54, 1.807) is 0 Å². The number of unbranched alkanes of at least 4 members (excludes halogenated alkanes) is 1. The average Bonchev–Trinajstić information content (AvgIpc) is 2.26. The van der Waals surface area contributed by atoms with Gasteiger partial charge in [0.15, 0.2) is 0 Å². The van der Waals surface area contributed by atoms with Gasteiger partial charge in [0.25, 0.3) is 0 Å². The third-order valence-corrected chi connectivity index (χ3v) is 2.39. The fraction of sp³-hybridized carbons (Fsp3) is 0.583. The van der Waals surface area contributed by atoms with E-state index in [1.165, 1.54) is 18.4 Å². The van der Waals surface area contributed by atoms with Gasteiger partial charge >= 0.3 is 0 Å². The normalized spacial score (nSPS) is 12.8. The molecule has 0 saturated carbocycles. The van der Waals surface area contributed by atoms with Gasteiger partial charge < -0.3 is 5.11 Å². The van der Waals surface area contributed by atoms with E-state index in [9.17, 15) is 5.11 Å². The number of hydrogen-bond donors (Lipinski definition) is 1. The average molecular weight is 193 g/mol. The van der Waals surface area contributed by atoms with Crippen LogP contribution in [0.2, 0.25) is 0 Å². The van der Waals surface area contributed by atoms with Gasteiger partial charge in [0.2, 0.25) is 0 Å². The monoisotopic (exact) mass is 193 g/mol. The zero-order valence-electron chi connectivity index (χ0n) is 9.03. The molecule has 1 aromatic rings. The van der Waals surface area contributed by atoms with Crippen LogP contribution in [0.25, 0.3) is 0 Å². The standard InChI is InChI=1S/C12H19NO/c1-3-5-6-10-7-8-11(13-9-10)12(14)4-2/h7-9,12,14H,3-6H2,1-2H3. The Hall–Kier alpha value is -0.890. The maximum absolute atomic E-state index is 9.53. The second-order valence-electron chi connectivity index (χ2n) is 3.62. The van der Waals surface area contributed by atoms with Crippen LogP contribution in [0.3, 0.4) is 0 Å². The maximum atomic E-state index is 9.53.